The van der Waals surface area contributed by atoms with E-state index < -0.39 is 11.6 Å². The molecule has 0 spiro atoms. The van der Waals surface area contributed by atoms with Crippen molar-refractivity contribution in [2.24, 2.45) is 4.99 Å². The second kappa shape index (κ2) is 3.28. The van der Waals surface area contributed by atoms with Crippen molar-refractivity contribution in [3.05, 3.63) is 34.8 Å². The maximum atomic E-state index is 11.4. The number of ketones is 1. The first-order chi connectivity index (χ1) is 7.04. The minimum atomic E-state index is -1.45. The van der Waals surface area contributed by atoms with Gasteiger partial charge in [-0.05, 0) is 31.2 Å². The number of nitrogens with zero attached hydrogens (tertiary/aromatic N) is 1. The van der Waals surface area contributed by atoms with Crippen LogP contribution in [-0.2, 0) is 4.79 Å². The van der Waals surface area contributed by atoms with Gasteiger partial charge in [0.05, 0.1) is 11.4 Å². The Hall–Kier alpha value is -1.48. The van der Waals surface area contributed by atoms with Gasteiger partial charge < -0.3 is 5.11 Å². The molecular formula is C12H13NO2. The maximum Gasteiger partial charge on any atom is 0.167 e. The highest BCUT2D eigenvalue weighted by Crippen LogP contribution is 2.18. The summed E-state index contributed by atoms with van der Waals surface area (Å²) < 4.78 is 0. The summed E-state index contributed by atoms with van der Waals surface area (Å²) in [5.41, 5.74) is -1.45. The van der Waals surface area contributed by atoms with Crippen molar-refractivity contribution in [2.75, 3.05) is 0 Å². The van der Waals surface area contributed by atoms with E-state index in [1.54, 1.807) is 13.0 Å². The Morgan fingerprint density at radius 2 is 2.13 bits per heavy atom. The quantitative estimate of drug-likeness (QED) is 0.687. The summed E-state index contributed by atoms with van der Waals surface area (Å²) in [4.78, 5) is 15.7. The van der Waals surface area contributed by atoms with Crippen LogP contribution in [0.4, 0.5) is 0 Å². The lowest BCUT2D eigenvalue weighted by molar-refractivity contribution is -0.130. The number of hydrogen-bond acceptors (Lipinski definition) is 3. The van der Waals surface area contributed by atoms with Gasteiger partial charge in [-0.3, -0.25) is 9.79 Å². The van der Waals surface area contributed by atoms with Gasteiger partial charge in [0.25, 0.3) is 0 Å². The number of aliphatic hydroxyl groups is 1. The number of benzene rings is 1. The predicted octanol–water partition coefficient (Wildman–Crippen LogP) is -0.191. The van der Waals surface area contributed by atoms with E-state index in [0.717, 1.165) is 10.6 Å². The summed E-state index contributed by atoms with van der Waals surface area (Å²) in [5, 5.41) is 11.8. The van der Waals surface area contributed by atoms with Crippen molar-refractivity contribution in [1.82, 2.24) is 0 Å². The van der Waals surface area contributed by atoms with E-state index in [2.05, 4.69) is 4.99 Å². The van der Waals surface area contributed by atoms with E-state index in [1.807, 2.05) is 24.3 Å². The lowest BCUT2D eigenvalue weighted by atomic mass is 9.88. The fourth-order valence-electron chi connectivity index (χ4n) is 1.79. The normalized spacial score (nSPS) is 28.6. The van der Waals surface area contributed by atoms with Gasteiger partial charge in [0.15, 0.2) is 11.4 Å². The van der Waals surface area contributed by atoms with E-state index >= 15 is 0 Å². The van der Waals surface area contributed by atoms with Gasteiger partial charge in [0, 0.05) is 0 Å². The van der Waals surface area contributed by atoms with Crippen LogP contribution in [0.25, 0.3) is 6.08 Å². The van der Waals surface area contributed by atoms with Crippen LogP contribution in [0.3, 0.4) is 0 Å². The highest BCUT2D eigenvalue weighted by atomic mass is 16.3. The van der Waals surface area contributed by atoms with Crippen molar-refractivity contribution in [1.29, 1.82) is 0 Å². The van der Waals surface area contributed by atoms with Gasteiger partial charge >= 0.3 is 0 Å². The Labute approximate surface area is 87.8 Å². The van der Waals surface area contributed by atoms with Crippen molar-refractivity contribution < 1.29 is 9.90 Å². The molecule has 2 unspecified atom stereocenters. The molecule has 0 aliphatic carbocycles. The topological polar surface area (TPSA) is 49.7 Å². The Balaban J connectivity index is 2.71. The van der Waals surface area contributed by atoms with E-state index in [0.29, 0.717) is 0 Å². The zero-order valence-electron chi connectivity index (χ0n) is 8.77. The average molecular weight is 203 g/mol. The van der Waals surface area contributed by atoms with E-state index in [4.69, 9.17) is 0 Å². The molecule has 1 aromatic carbocycles. The lowest BCUT2D eigenvalue weighted by Gasteiger charge is -2.28. The van der Waals surface area contributed by atoms with Crippen LogP contribution < -0.4 is 10.6 Å². The zero-order valence-corrected chi connectivity index (χ0v) is 8.77. The largest absolute Gasteiger partial charge is 0.376 e. The molecule has 0 saturated carbocycles. The van der Waals surface area contributed by atoms with E-state index in [1.165, 1.54) is 6.92 Å². The standard InChI is InChI=1S/C12H13NO2/c1-8-12(15,9(2)14)7-10-5-3-4-6-11(10)13-8/h3-8,15H,1-2H3. The van der Waals surface area contributed by atoms with Gasteiger partial charge in [-0.1, -0.05) is 18.2 Å². The SMILES string of the molecule is CC(=O)C1(O)C=c2ccccc2=NC1C. The number of carbonyl (C=O) groups excluding carboxylic acids is 1. The first-order valence-electron chi connectivity index (χ1n) is 4.93. The van der Waals surface area contributed by atoms with Crippen molar-refractivity contribution in [3.8, 4) is 0 Å². The molecule has 0 radical (unpaired) electrons. The minimum Gasteiger partial charge on any atom is -0.376 e. The predicted molar refractivity (Wildman–Crippen MR) is 56.8 cm³/mol. The number of carbonyl (C=O) groups is 1. The molecule has 1 aliphatic heterocycles. The molecule has 0 aromatic heterocycles. The highest BCUT2D eigenvalue weighted by Gasteiger charge is 2.37. The van der Waals surface area contributed by atoms with E-state index in [-0.39, 0.29) is 5.78 Å². The van der Waals surface area contributed by atoms with Crippen molar-refractivity contribution in [3.63, 3.8) is 0 Å². The van der Waals surface area contributed by atoms with Gasteiger partial charge in [-0.25, -0.2) is 0 Å². The Morgan fingerprint density at radius 3 is 2.80 bits per heavy atom. The fraction of sp³-hybridized carbons (Fsp3) is 0.333. The highest BCUT2D eigenvalue weighted by molar-refractivity contribution is 5.92. The lowest BCUT2D eigenvalue weighted by Crippen LogP contribution is -2.51. The molecule has 78 valence electrons. The molecule has 1 aromatic rings. The Kier molecular flexibility index (Phi) is 2.20. The molecule has 15 heavy (non-hydrogen) atoms. The van der Waals surface area contributed by atoms with Crippen molar-refractivity contribution in [2.45, 2.75) is 25.5 Å². The molecule has 0 fully saturated rings. The summed E-state index contributed by atoms with van der Waals surface area (Å²) in [6.07, 6.45) is 1.60. The molecular weight excluding hydrogens is 190 g/mol. The van der Waals surface area contributed by atoms with Crippen LogP contribution in [0.2, 0.25) is 0 Å². The molecule has 3 heteroatoms. The van der Waals surface area contributed by atoms with Crippen LogP contribution in [0.1, 0.15) is 13.8 Å². The van der Waals surface area contributed by atoms with Crippen LogP contribution in [0.5, 0.6) is 0 Å². The van der Waals surface area contributed by atoms with Crippen LogP contribution in [0, 0.1) is 0 Å². The third kappa shape index (κ3) is 1.49. The second-order valence-corrected chi connectivity index (χ2v) is 3.89. The van der Waals surface area contributed by atoms with Gasteiger partial charge in [0.1, 0.15) is 0 Å². The van der Waals surface area contributed by atoms with Crippen LogP contribution in [-0.4, -0.2) is 22.5 Å². The fourth-order valence-corrected chi connectivity index (χ4v) is 1.79. The molecule has 0 amide bonds. The molecule has 1 heterocycles. The van der Waals surface area contributed by atoms with E-state index in [9.17, 15) is 9.90 Å². The molecule has 1 aliphatic rings. The van der Waals surface area contributed by atoms with Gasteiger partial charge in [0.2, 0.25) is 0 Å². The molecule has 3 nitrogen and oxygen atoms in total. The molecule has 2 rings (SSSR count). The molecule has 1 N–H and O–H groups in total. The summed E-state index contributed by atoms with van der Waals surface area (Å²) in [5.74, 6) is -0.270. The van der Waals surface area contributed by atoms with Gasteiger partial charge in [-0.15, -0.1) is 0 Å². The molecule has 0 saturated heterocycles. The summed E-state index contributed by atoms with van der Waals surface area (Å²) in [6, 6.07) is 7.05. The average Bonchev–Trinajstić information content (AvgIpc) is 2.19. The Morgan fingerprint density at radius 1 is 1.47 bits per heavy atom. The number of Topliss-reactive ketones (excluding diaryl/α,β-unsaturated/α-hetero) is 1. The number of rotatable bonds is 1. The third-order valence-electron chi connectivity index (χ3n) is 2.85. The minimum absolute atomic E-state index is 0.270. The maximum absolute atomic E-state index is 11.4. The van der Waals surface area contributed by atoms with Crippen LogP contribution >= 0.6 is 0 Å². The first kappa shape index (κ1) is 10.1. The number of para-hydroxylation sites is 1. The summed E-state index contributed by atoms with van der Waals surface area (Å²) in [7, 11) is 0. The molecule has 2 atom stereocenters. The molecule has 0 bridgehead atoms. The first-order valence-corrected chi connectivity index (χ1v) is 4.93. The van der Waals surface area contributed by atoms with Crippen molar-refractivity contribution >= 4 is 11.9 Å². The summed E-state index contributed by atoms with van der Waals surface area (Å²) >= 11 is 0. The number of fused-ring (bicyclic) bond motifs is 1. The van der Waals surface area contributed by atoms with Gasteiger partial charge in [-0.2, -0.15) is 0 Å². The van der Waals surface area contributed by atoms with Crippen LogP contribution in [0.15, 0.2) is 29.3 Å². The zero-order chi connectivity index (χ0) is 11.1. The monoisotopic (exact) mass is 203 g/mol. The second-order valence-electron chi connectivity index (χ2n) is 3.89. The smallest absolute Gasteiger partial charge is 0.167 e. The summed E-state index contributed by atoms with van der Waals surface area (Å²) in [6.45, 7) is 3.13. The Bertz CT molecular complexity index is 521. The third-order valence-corrected chi connectivity index (χ3v) is 2.85. The number of hydrogen-bond donors (Lipinski definition) is 1.